The van der Waals surface area contributed by atoms with E-state index in [1.54, 1.807) is 83.6 Å². The number of fused-ring (bicyclic) bond motifs is 5. The highest BCUT2D eigenvalue weighted by Crippen LogP contribution is 2.44. The molecule has 16 aromatic rings. The van der Waals surface area contributed by atoms with Crippen molar-refractivity contribution < 1.29 is 89.1 Å². The second-order valence-corrected chi connectivity index (χ2v) is 43.4. The number of hydrogen-bond donors (Lipinski definition) is 3. The van der Waals surface area contributed by atoms with Crippen LogP contribution in [0.4, 0.5) is 22.0 Å². The molecule has 690 valence electrons. The number of Topliss-reactive ketones (excluding diaryl/α,β-unsaturated/α-hetero) is 2. The van der Waals surface area contributed by atoms with Crippen LogP contribution < -0.4 is 14.9 Å². The average molecular weight is 2020 g/mol. The van der Waals surface area contributed by atoms with Gasteiger partial charge in [-0.2, -0.15) is 0 Å². The Hall–Kier alpha value is -10.1. The van der Waals surface area contributed by atoms with Gasteiger partial charge >= 0.3 is 19.1 Å². The van der Waals surface area contributed by atoms with E-state index >= 15 is 0 Å². The fourth-order valence-electron chi connectivity index (χ4n) is 13.3. The molecule has 1 aliphatic heterocycles. The van der Waals surface area contributed by atoms with Crippen molar-refractivity contribution >= 4 is 210 Å². The van der Waals surface area contributed by atoms with Crippen molar-refractivity contribution in [3.63, 3.8) is 0 Å². The molecule has 36 heteroatoms. The van der Waals surface area contributed by atoms with Gasteiger partial charge in [-0.05, 0) is 182 Å². The number of aliphatic hydroxyl groups excluding tert-OH is 3. The van der Waals surface area contributed by atoms with E-state index in [4.69, 9.17) is 86.3 Å². The zero-order valence-electron chi connectivity index (χ0n) is 73.5. The summed E-state index contributed by atoms with van der Waals surface area (Å²) in [7, 11) is 1.74. The minimum Gasteiger partial charge on any atom is -0.493 e. The summed E-state index contributed by atoms with van der Waals surface area (Å²) in [5.41, 5.74) is 8.94. The number of aromatic nitrogens is 5. The molecule has 17 rings (SSSR count). The molecule has 0 atom stereocenters. The zero-order chi connectivity index (χ0) is 96.1. The van der Waals surface area contributed by atoms with Gasteiger partial charge in [0.05, 0.1) is 116 Å². The highest BCUT2D eigenvalue weighted by Gasteiger charge is 2.52. The molecule has 1 saturated heterocycles. The molecular formula is C97H86BCl5F5N5O14S5Si. The molecule has 0 aliphatic carbocycles. The third-order valence-electron chi connectivity index (χ3n) is 21.9. The van der Waals surface area contributed by atoms with Crippen molar-refractivity contribution in [3.8, 4) is 56.5 Å². The SMILES string of the molecule is CC(C)(C)[Si](C)(C)OCc1cc(Cl)nc(-c2csc3c(F)cccc23)c1.CC1(C)OB(c2csc3c(F)cccc23)OC1(C)C.COC(=O)c1cc(Cl)nc(-c2csc3c(F)cccc23)c1.COC(=O)c1cc(Cl)nc(Cl)c1.COc1cc(C(=O)CCC(=O)c2cc(CO)cc(-c3csc4c(F)cccc34)n2)ccc1OCCO.OCc1cc(Cl)nc(-c2csc3c(F)cccc23)c1. The molecule has 1 fully saturated rings. The van der Waals surface area contributed by atoms with Crippen LogP contribution in [0.15, 0.2) is 197 Å². The smallest absolute Gasteiger partial charge is 0.493 e. The van der Waals surface area contributed by atoms with E-state index in [9.17, 15) is 51.3 Å². The Kier molecular flexibility index (Phi) is 34.1. The normalized spacial score (nSPS) is 12.7. The molecule has 0 bridgehead atoms. The number of benzene rings is 6. The Bertz CT molecular complexity index is 6940. The Morgan fingerprint density at radius 3 is 1.23 bits per heavy atom. The van der Waals surface area contributed by atoms with Gasteiger partial charge in [0.25, 0.3) is 0 Å². The number of pyridine rings is 5. The Balaban J connectivity index is 0.000000148. The monoisotopic (exact) mass is 2010 g/mol. The van der Waals surface area contributed by atoms with E-state index in [1.807, 2.05) is 80.2 Å². The molecule has 0 radical (unpaired) electrons. The van der Waals surface area contributed by atoms with Gasteiger partial charge in [0.15, 0.2) is 31.4 Å². The number of aliphatic hydroxyl groups is 3. The van der Waals surface area contributed by atoms with Gasteiger partial charge in [-0.3, -0.25) is 9.59 Å². The number of ether oxygens (including phenoxy) is 4. The number of methoxy groups -OCH3 is 3. The number of hydrogen-bond acceptors (Lipinski definition) is 24. The van der Waals surface area contributed by atoms with Crippen LogP contribution in [0.1, 0.15) is 120 Å². The van der Waals surface area contributed by atoms with Gasteiger partial charge in [-0.1, -0.05) is 139 Å². The van der Waals surface area contributed by atoms with Crippen molar-refractivity contribution in [2.45, 2.75) is 110 Å². The van der Waals surface area contributed by atoms with Gasteiger partial charge < -0.3 is 48.0 Å². The van der Waals surface area contributed by atoms with Gasteiger partial charge in [0.1, 0.15) is 67.2 Å². The number of ketones is 2. The highest BCUT2D eigenvalue weighted by molar-refractivity contribution is 7.19. The standard InChI is InChI=1S/C27H24FNO6S.C20H23ClFNOSSi.C15H9ClFNO2S.C14H16BFO2S.C14H9ClFNOS.C7H5Cl2NO2/c1-34-26-13-17(5-8-25(26)35-10-9-30)23(32)6-7-24(33)22-12-16(14-31)11-21(29-22)19-15-36-27-18(19)3-2-4-20(27)28;1-20(2,3)26(4,5)24-11-13-9-17(23-18(21)10-13)15-12-25-19-14(15)7-6-8-16(19)22;1-20-15(19)8-5-12(18-13(16)6-8)10-7-21-14-9(10)3-2-4-11(14)17;1-13(2)14(3,4)18-15(17-13)10-8-19-12-9(10)6-5-7-11(12)16;15-13-5-8(6-18)4-12(17-13)10-7-19-14-9(10)2-1-3-11(14)16;1-12-7(11)4-2-5(8)10-6(9)3-4/h2-5,8,11-13,15,30-31H,6-7,9-10,14H2,1H3;6-10,12H,11H2,1-5H3;2-7H,1H3;5-8H,1-4H3;1-5,7,18H,6H2;2-3H,1H3. The predicted molar refractivity (Wildman–Crippen MR) is 527 cm³/mol. The van der Waals surface area contributed by atoms with E-state index in [2.05, 4.69) is 68.3 Å². The molecule has 0 saturated carbocycles. The van der Waals surface area contributed by atoms with E-state index in [-0.39, 0.29) is 117 Å². The first kappa shape index (κ1) is 102. The topological polar surface area (TPSA) is 258 Å². The Morgan fingerprint density at radius 1 is 0.436 bits per heavy atom. The summed E-state index contributed by atoms with van der Waals surface area (Å²) in [6, 6.07) is 45.7. The summed E-state index contributed by atoms with van der Waals surface area (Å²) in [4.78, 5) is 69.4. The molecule has 10 aromatic heterocycles. The quantitative estimate of drug-likeness (QED) is 0.0199. The summed E-state index contributed by atoms with van der Waals surface area (Å²) >= 11 is 35.9. The van der Waals surface area contributed by atoms with Gasteiger partial charge in [0.2, 0.25) is 0 Å². The largest absolute Gasteiger partial charge is 0.496 e. The first-order valence-corrected chi connectivity index (χ1v) is 50.0. The summed E-state index contributed by atoms with van der Waals surface area (Å²) in [5, 5.41) is 42.5. The van der Waals surface area contributed by atoms with E-state index < -0.39 is 27.4 Å². The molecule has 133 heavy (non-hydrogen) atoms. The number of thiophene rings is 5. The fourth-order valence-corrected chi connectivity index (χ4v) is 20.2. The number of esters is 2. The molecule has 0 amide bonds. The zero-order valence-corrected chi connectivity index (χ0v) is 82.3. The first-order chi connectivity index (χ1) is 63.3. The molecule has 19 nitrogen and oxygen atoms in total. The lowest BCUT2D eigenvalue weighted by atomic mass is 9.79. The summed E-state index contributed by atoms with van der Waals surface area (Å²) in [6.45, 7) is 19.2. The van der Waals surface area contributed by atoms with Crippen LogP contribution in [0, 0.1) is 29.1 Å². The number of halogens is 10. The molecular weight excluding hydrogens is 1930 g/mol. The number of rotatable bonds is 21. The van der Waals surface area contributed by atoms with Crippen molar-refractivity contribution in [1.82, 2.24) is 24.9 Å². The van der Waals surface area contributed by atoms with E-state index in [1.165, 1.54) is 139 Å². The highest BCUT2D eigenvalue weighted by atomic mass is 35.5. The number of carbonyl (C=O) groups is 4. The van der Waals surface area contributed by atoms with E-state index in [0.717, 1.165) is 55.0 Å². The lowest BCUT2D eigenvalue weighted by molar-refractivity contribution is 0.00578. The molecule has 0 unspecified atom stereocenters. The predicted octanol–water partition coefficient (Wildman–Crippen LogP) is 26.4. The third kappa shape index (κ3) is 24.6. The second-order valence-electron chi connectivity index (χ2n) is 32.3. The molecule has 11 heterocycles. The molecule has 6 aromatic carbocycles. The Labute approximate surface area is 809 Å². The van der Waals surface area contributed by atoms with Gasteiger partial charge in [-0.25, -0.2) is 56.5 Å². The third-order valence-corrected chi connectivity index (χ3v) is 32.3. The summed E-state index contributed by atoms with van der Waals surface area (Å²) in [6.07, 6.45) is -0.129. The van der Waals surface area contributed by atoms with Crippen molar-refractivity contribution in [2.75, 3.05) is 34.5 Å². The fraction of sp³-hybridized carbons (Fsp3) is 0.227. The minimum atomic E-state index is -1.85. The number of carbonyl (C=O) groups excluding carboxylic acids is 4. The summed E-state index contributed by atoms with van der Waals surface area (Å²) in [5.74, 6) is -2.08. The van der Waals surface area contributed by atoms with Gasteiger partial charge in [-0.15, -0.1) is 56.7 Å². The number of nitrogens with zero attached hydrogens (tertiary/aromatic N) is 5. The van der Waals surface area contributed by atoms with Crippen LogP contribution in [-0.4, -0.2) is 125 Å². The van der Waals surface area contributed by atoms with Crippen molar-refractivity contribution in [2.24, 2.45) is 0 Å². The van der Waals surface area contributed by atoms with E-state index in [0.29, 0.717) is 108 Å². The second kappa shape index (κ2) is 44.6. The molecule has 0 spiro atoms. The summed E-state index contributed by atoms with van der Waals surface area (Å²) < 4.78 is 110. The maximum Gasteiger partial charge on any atom is 0.496 e. The van der Waals surface area contributed by atoms with Crippen LogP contribution in [0.2, 0.25) is 43.9 Å². The van der Waals surface area contributed by atoms with Crippen molar-refractivity contribution in [3.05, 3.63) is 291 Å². The lowest BCUT2D eigenvalue weighted by Crippen LogP contribution is -2.41. The average Bonchev–Trinajstić information content (AvgIpc) is 1.61. The minimum absolute atomic E-state index is 0.0498. The maximum absolute atomic E-state index is 14.1. The maximum atomic E-state index is 14.1. The first-order valence-electron chi connectivity index (χ1n) is 40.8. The Morgan fingerprint density at radius 2 is 0.805 bits per heavy atom. The van der Waals surface area contributed by atoms with Crippen LogP contribution >= 0.6 is 115 Å². The van der Waals surface area contributed by atoms with Gasteiger partial charge in [0, 0.05) is 89.2 Å². The molecule has 3 N–H and O–H groups in total. The van der Waals surface area contributed by atoms with Crippen LogP contribution in [0.25, 0.3) is 95.5 Å². The van der Waals surface area contributed by atoms with Crippen LogP contribution in [0.3, 0.4) is 0 Å². The van der Waals surface area contributed by atoms with Crippen LogP contribution in [-0.2, 0) is 43.0 Å². The van der Waals surface area contributed by atoms with Crippen LogP contribution in [0.5, 0.6) is 11.5 Å². The lowest BCUT2D eigenvalue weighted by Gasteiger charge is -2.36. The van der Waals surface area contributed by atoms with Crippen molar-refractivity contribution in [1.29, 1.82) is 0 Å². The molecule has 1 aliphatic rings.